The zero-order valence-electron chi connectivity index (χ0n) is 9.63. The van der Waals surface area contributed by atoms with Crippen molar-refractivity contribution in [2.75, 3.05) is 5.32 Å². The number of aromatic nitrogens is 2. The minimum atomic E-state index is -0.585. The predicted molar refractivity (Wildman–Crippen MR) is 72.6 cm³/mol. The summed E-state index contributed by atoms with van der Waals surface area (Å²) >= 11 is 3.14. The van der Waals surface area contributed by atoms with Gasteiger partial charge < -0.3 is 11.1 Å². The molecule has 0 atom stereocenters. The lowest BCUT2D eigenvalue weighted by Gasteiger charge is -2.04. The van der Waals surface area contributed by atoms with Crippen LogP contribution in [0.25, 0.3) is 0 Å². The first-order valence-corrected chi connectivity index (χ1v) is 6.04. The van der Waals surface area contributed by atoms with Gasteiger partial charge >= 0.3 is 0 Å². The van der Waals surface area contributed by atoms with Gasteiger partial charge in [0, 0.05) is 11.1 Å². The molecule has 0 radical (unpaired) electrons. The van der Waals surface area contributed by atoms with Gasteiger partial charge in [0.1, 0.15) is 4.60 Å². The average Bonchev–Trinajstić information content (AvgIpc) is 2.41. The van der Waals surface area contributed by atoms with Crippen molar-refractivity contribution in [2.24, 2.45) is 5.73 Å². The molecule has 0 aliphatic rings. The summed E-state index contributed by atoms with van der Waals surface area (Å²) in [4.78, 5) is 30.9. The van der Waals surface area contributed by atoms with E-state index in [1.165, 1.54) is 18.5 Å². The van der Waals surface area contributed by atoms with Crippen LogP contribution in [-0.4, -0.2) is 21.8 Å². The number of hydrogen-bond acceptors (Lipinski definition) is 4. The summed E-state index contributed by atoms with van der Waals surface area (Å²) < 4.78 is 0.571. The summed E-state index contributed by atoms with van der Waals surface area (Å²) in [6.45, 7) is 0. The largest absolute Gasteiger partial charge is 0.366 e. The van der Waals surface area contributed by atoms with Crippen molar-refractivity contribution in [3.63, 3.8) is 0 Å². The number of hydrogen-bond donors (Lipinski definition) is 2. The van der Waals surface area contributed by atoms with E-state index >= 15 is 0 Å². The van der Waals surface area contributed by atoms with Crippen LogP contribution in [0.2, 0.25) is 0 Å². The molecule has 1 aromatic carbocycles. The third-order valence-electron chi connectivity index (χ3n) is 2.27. The Hall–Kier alpha value is -2.28. The fourth-order valence-corrected chi connectivity index (χ4v) is 1.58. The van der Waals surface area contributed by atoms with Crippen molar-refractivity contribution >= 4 is 33.6 Å². The number of rotatable bonds is 3. The Labute approximate surface area is 117 Å². The molecule has 0 aliphatic carbocycles. The van der Waals surface area contributed by atoms with Gasteiger partial charge in [-0.25, -0.2) is 9.97 Å². The summed E-state index contributed by atoms with van der Waals surface area (Å²) in [5, 5.41) is 2.57. The molecule has 2 amide bonds. The highest BCUT2D eigenvalue weighted by Gasteiger charge is 2.09. The number of anilines is 1. The lowest BCUT2D eigenvalue weighted by atomic mass is 10.1. The molecule has 1 aromatic heterocycles. The molecule has 0 spiro atoms. The van der Waals surface area contributed by atoms with Gasteiger partial charge in [0.2, 0.25) is 5.91 Å². The molecule has 6 nitrogen and oxygen atoms in total. The maximum Gasteiger partial charge on any atom is 0.256 e. The summed E-state index contributed by atoms with van der Waals surface area (Å²) in [5.74, 6) is -0.657. The van der Waals surface area contributed by atoms with E-state index in [-0.39, 0.29) is 11.5 Å². The Morgan fingerprint density at radius 2 is 1.89 bits per heavy atom. The second-order valence-electron chi connectivity index (χ2n) is 3.62. The van der Waals surface area contributed by atoms with Crippen LogP contribution >= 0.6 is 15.9 Å². The molecule has 0 unspecified atom stereocenters. The molecule has 0 bridgehead atoms. The quantitative estimate of drug-likeness (QED) is 0.897. The number of primary amides is 1. The number of benzene rings is 1. The van der Waals surface area contributed by atoms with E-state index in [0.717, 1.165) is 0 Å². The maximum absolute atomic E-state index is 11.9. The van der Waals surface area contributed by atoms with Crippen LogP contribution < -0.4 is 11.1 Å². The lowest BCUT2D eigenvalue weighted by Crippen LogP contribution is -2.16. The van der Waals surface area contributed by atoms with Gasteiger partial charge in [0.15, 0.2) is 5.82 Å². The van der Waals surface area contributed by atoms with Crippen LogP contribution in [0.1, 0.15) is 20.7 Å². The summed E-state index contributed by atoms with van der Waals surface area (Å²) in [5.41, 5.74) is 5.75. The molecule has 3 N–H and O–H groups in total. The van der Waals surface area contributed by atoms with Gasteiger partial charge in [-0.2, -0.15) is 0 Å². The smallest absolute Gasteiger partial charge is 0.256 e. The fourth-order valence-electron chi connectivity index (χ4n) is 1.38. The third kappa shape index (κ3) is 3.35. The molecule has 0 fully saturated rings. The molecule has 96 valence electrons. The Morgan fingerprint density at radius 3 is 2.53 bits per heavy atom. The Kier molecular flexibility index (Phi) is 3.86. The van der Waals surface area contributed by atoms with E-state index in [2.05, 4.69) is 31.2 Å². The zero-order chi connectivity index (χ0) is 13.8. The third-order valence-corrected chi connectivity index (χ3v) is 2.68. The van der Waals surface area contributed by atoms with Gasteiger partial charge in [-0.05, 0) is 34.1 Å². The van der Waals surface area contributed by atoms with Crippen molar-refractivity contribution in [1.82, 2.24) is 9.97 Å². The number of carbonyl (C=O) groups excluding carboxylic acids is 2. The van der Waals surface area contributed by atoms with E-state index in [1.54, 1.807) is 18.2 Å². The predicted octanol–water partition coefficient (Wildman–Crippen LogP) is 1.59. The first-order valence-electron chi connectivity index (χ1n) is 5.25. The Balaban J connectivity index is 2.18. The van der Waals surface area contributed by atoms with Crippen molar-refractivity contribution in [3.8, 4) is 0 Å². The molecule has 2 aromatic rings. The van der Waals surface area contributed by atoms with Gasteiger partial charge in [-0.3, -0.25) is 9.59 Å². The molecule has 0 aliphatic heterocycles. The fraction of sp³-hybridized carbons (Fsp3) is 0. The van der Waals surface area contributed by atoms with Crippen LogP contribution in [0.4, 0.5) is 5.82 Å². The minimum Gasteiger partial charge on any atom is -0.366 e. The molecule has 19 heavy (non-hydrogen) atoms. The minimum absolute atomic E-state index is 0.273. The highest BCUT2D eigenvalue weighted by Crippen LogP contribution is 2.10. The van der Waals surface area contributed by atoms with Crippen LogP contribution in [-0.2, 0) is 0 Å². The molecular formula is C12H9BrN4O2. The van der Waals surface area contributed by atoms with E-state index in [9.17, 15) is 9.59 Å². The van der Waals surface area contributed by atoms with Gasteiger partial charge in [0.25, 0.3) is 5.91 Å². The van der Waals surface area contributed by atoms with Crippen molar-refractivity contribution < 1.29 is 9.59 Å². The van der Waals surface area contributed by atoms with Crippen molar-refractivity contribution in [1.29, 1.82) is 0 Å². The van der Waals surface area contributed by atoms with Gasteiger partial charge in [-0.15, -0.1) is 0 Å². The summed E-state index contributed by atoms with van der Waals surface area (Å²) in [6, 6.07) is 6.12. The number of nitrogens with zero attached hydrogens (tertiary/aromatic N) is 2. The highest BCUT2D eigenvalue weighted by atomic mass is 79.9. The Morgan fingerprint density at radius 1 is 1.16 bits per heavy atom. The molecule has 0 saturated carbocycles. The van der Waals surface area contributed by atoms with Crippen LogP contribution in [0.5, 0.6) is 0 Å². The van der Waals surface area contributed by atoms with Gasteiger partial charge in [0.05, 0.1) is 12.4 Å². The SMILES string of the molecule is NC(=O)c1cccc(C(=O)Nc2cnc(Br)cn2)c1. The first kappa shape index (κ1) is 13.2. The Bertz CT molecular complexity index is 628. The number of carbonyl (C=O) groups is 2. The molecular weight excluding hydrogens is 312 g/mol. The second kappa shape index (κ2) is 5.57. The topological polar surface area (TPSA) is 98.0 Å². The van der Waals surface area contributed by atoms with E-state index in [1.807, 2.05) is 0 Å². The van der Waals surface area contributed by atoms with Crippen LogP contribution in [0.15, 0.2) is 41.3 Å². The van der Waals surface area contributed by atoms with Crippen LogP contribution in [0, 0.1) is 0 Å². The molecule has 1 heterocycles. The molecule has 0 saturated heterocycles. The normalized spacial score (nSPS) is 9.95. The number of nitrogens with two attached hydrogens (primary N) is 1. The van der Waals surface area contributed by atoms with Crippen molar-refractivity contribution in [2.45, 2.75) is 0 Å². The second-order valence-corrected chi connectivity index (χ2v) is 4.44. The maximum atomic E-state index is 11.9. The standard InChI is InChI=1S/C12H9BrN4O2/c13-9-5-16-10(6-15-9)17-12(19)8-3-1-2-7(4-8)11(14)18/h1-6H,(H2,14,18)(H,16,17,19). The van der Waals surface area contributed by atoms with E-state index in [0.29, 0.717) is 16.0 Å². The summed E-state index contributed by atoms with van der Waals surface area (Å²) in [6.07, 6.45) is 2.88. The van der Waals surface area contributed by atoms with E-state index < -0.39 is 5.91 Å². The first-order chi connectivity index (χ1) is 9.06. The van der Waals surface area contributed by atoms with E-state index in [4.69, 9.17) is 5.73 Å². The monoisotopic (exact) mass is 320 g/mol. The van der Waals surface area contributed by atoms with Gasteiger partial charge in [-0.1, -0.05) is 6.07 Å². The average molecular weight is 321 g/mol. The van der Waals surface area contributed by atoms with Crippen molar-refractivity contribution in [3.05, 3.63) is 52.4 Å². The van der Waals surface area contributed by atoms with Crippen LogP contribution in [0.3, 0.4) is 0 Å². The zero-order valence-corrected chi connectivity index (χ0v) is 11.2. The number of halogens is 1. The summed E-state index contributed by atoms with van der Waals surface area (Å²) in [7, 11) is 0. The lowest BCUT2D eigenvalue weighted by molar-refractivity contribution is 0.1000. The molecule has 2 rings (SSSR count). The molecule has 7 heteroatoms. The number of nitrogens with one attached hydrogen (secondary N) is 1. The highest BCUT2D eigenvalue weighted by molar-refractivity contribution is 9.10. The number of amides is 2.